The summed E-state index contributed by atoms with van der Waals surface area (Å²) in [5, 5.41) is 2.75. The Morgan fingerprint density at radius 1 is 1.14 bits per heavy atom. The van der Waals surface area contributed by atoms with Crippen molar-refractivity contribution in [1.82, 2.24) is 9.97 Å². The van der Waals surface area contributed by atoms with E-state index in [-0.39, 0.29) is 18.1 Å². The van der Waals surface area contributed by atoms with Gasteiger partial charge in [-0.1, -0.05) is 19.1 Å². The predicted octanol–water partition coefficient (Wildman–Crippen LogP) is 4.62. The molecule has 5 nitrogen and oxygen atoms in total. The van der Waals surface area contributed by atoms with Gasteiger partial charge in [-0.3, -0.25) is 14.6 Å². The van der Waals surface area contributed by atoms with E-state index >= 15 is 0 Å². The van der Waals surface area contributed by atoms with E-state index < -0.39 is 0 Å². The number of carbonyl (C=O) groups excluding carboxylic acids is 2. The molecule has 1 aromatic carbocycles. The second kappa shape index (κ2) is 8.44. The van der Waals surface area contributed by atoms with Gasteiger partial charge in [0, 0.05) is 42.0 Å². The van der Waals surface area contributed by atoms with Crippen LogP contribution in [-0.2, 0) is 11.2 Å². The molecule has 0 bridgehead atoms. The van der Waals surface area contributed by atoms with Crippen molar-refractivity contribution in [3.05, 3.63) is 63.9 Å². The SMILES string of the molecule is CCC(=O)N(C)c1ccc(-c2ccc(C(=O)Cc3nc(C)cs3)nc2)c(C)c1. The van der Waals surface area contributed by atoms with Gasteiger partial charge in [0.25, 0.3) is 0 Å². The summed E-state index contributed by atoms with van der Waals surface area (Å²) in [5.41, 5.74) is 5.26. The van der Waals surface area contributed by atoms with Crippen LogP contribution in [0.2, 0.25) is 0 Å². The van der Waals surface area contributed by atoms with Gasteiger partial charge < -0.3 is 4.90 Å². The van der Waals surface area contributed by atoms with E-state index in [9.17, 15) is 9.59 Å². The number of carbonyl (C=O) groups is 2. The summed E-state index contributed by atoms with van der Waals surface area (Å²) in [4.78, 5) is 34.7. The van der Waals surface area contributed by atoms with Crippen molar-refractivity contribution in [2.75, 3.05) is 11.9 Å². The molecule has 0 saturated heterocycles. The maximum atomic E-state index is 12.4. The Hall–Kier alpha value is -2.86. The molecule has 0 N–H and O–H groups in total. The summed E-state index contributed by atoms with van der Waals surface area (Å²) in [6.07, 6.45) is 2.47. The van der Waals surface area contributed by atoms with Gasteiger partial charge >= 0.3 is 0 Å². The molecular formula is C22H23N3O2S. The number of amides is 1. The molecule has 28 heavy (non-hydrogen) atoms. The third kappa shape index (κ3) is 4.34. The molecule has 0 atom stereocenters. The molecule has 2 aromatic heterocycles. The van der Waals surface area contributed by atoms with Crippen LogP contribution in [0.25, 0.3) is 11.1 Å². The van der Waals surface area contributed by atoms with Crippen LogP contribution in [0, 0.1) is 13.8 Å². The number of pyridine rings is 1. The van der Waals surface area contributed by atoms with Gasteiger partial charge in [-0.2, -0.15) is 0 Å². The van der Waals surface area contributed by atoms with Crippen LogP contribution < -0.4 is 4.90 Å². The largest absolute Gasteiger partial charge is 0.316 e. The number of Topliss-reactive ketones (excluding diaryl/α,β-unsaturated/α-hetero) is 1. The highest BCUT2D eigenvalue weighted by Crippen LogP contribution is 2.27. The van der Waals surface area contributed by atoms with Crippen molar-refractivity contribution in [1.29, 1.82) is 0 Å². The van der Waals surface area contributed by atoms with Gasteiger partial charge in [-0.25, -0.2) is 4.98 Å². The molecule has 0 aliphatic carbocycles. The number of hydrogen-bond acceptors (Lipinski definition) is 5. The highest BCUT2D eigenvalue weighted by molar-refractivity contribution is 7.09. The van der Waals surface area contributed by atoms with E-state index in [0.29, 0.717) is 12.1 Å². The number of nitrogens with zero attached hydrogens (tertiary/aromatic N) is 3. The number of ketones is 1. The van der Waals surface area contributed by atoms with Crippen LogP contribution in [0.1, 0.15) is 40.1 Å². The number of aryl methyl sites for hydroxylation is 2. The zero-order valence-electron chi connectivity index (χ0n) is 16.5. The fourth-order valence-electron chi connectivity index (χ4n) is 2.99. The number of rotatable bonds is 6. The van der Waals surface area contributed by atoms with Gasteiger partial charge in [0.15, 0.2) is 5.78 Å². The van der Waals surface area contributed by atoms with Crippen LogP contribution in [-0.4, -0.2) is 28.7 Å². The average molecular weight is 394 g/mol. The summed E-state index contributed by atoms with van der Waals surface area (Å²) >= 11 is 1.49. The highest BCUT2D eigenvalue weighted by Gasteiger charge is 2.13. The summed E-state index contributed by atoms with van der Waals surface area (Å²) in [5.74, 6) is 0.0415. The number of hydrogen-bond donors (Lipinski definition) is 0. The minimum Gasteiger partial charge on any atom is -0.316 e. The molecule has 144 valence electrons. The van der Waals surface area contributed by atoms with Crippen LogP contribution in [0.15, 0.2) is 41.9 Å². The summed E-state index contributed by atoms with van der Waals surface area (Å²) in [7, 11) is 1.78. The van der Waals surface area contributed by atoms with E-state index in [1.807, 2.05) is 50.4 Å². The molecule has 3 aromatic rings. The fourth-order valence-corrected chi connectivity index (χ4v) is 3.76. The van der Waals surface area contributed by atoms with Crippen molar-refractivity contribution in [2.24, 2.45) is 0 Å². The second-order valence-electron chi connectivity index (χ2n) is 6.72. The average Bonchev–Trinajstić information content (AvgIpc) is 3.11. The first kappa shape index (κ1) is 19.9. The fraction of sp³-hybridized carbons (Fsp3) is 0.273. The Bertz CT molecular complexity index is 1010. The highest BCUT2D eigenvalue weighted by atomic mass is 32.1. The molecule has 0 spiro atoms. The second-order valence-corrected chi connectivity index (χ2v) is 7.66. The lowest BCUT2D eigenvalue weighted by Gasteiger charge is -2.18. The molecule has 0 saturated carbocycles. The lowest BCUT2D eigenvalue weighted by atomic mass is 10.0. The van der Waals surface area contributed by atoms with Crippen LogP contribution in [0.5, 0.6) is 0 Å². The minimum atomic E-state index is -0.0346. The monoisotopic (exact) mass is 393 g/mol. The molecule has 3 rings (SSSR count). The van der Waals surface area contributed by atoms with E-state index in [4.69, 9.17) is 0 Å². The first-order chi connectivity index (χ1) is 13.4. The number of anilines is 1. The third-order valence-electron chi connectivity index (χ3n) is 4.61. The molecule has 0 aliphatic heterocycles. The molecule has 0 aliphatic rings. The van der Waals surface area contributed by atoms with Crippen molar-refractivity contribution in [2.45, 2.75) is 33.6 Å². The number of benzene rings is 1. The van der Waals surface area contributed by atoms with E-state index in [1.54, 1.807) is 24.2 Å². The van der Waals surface area contributed by atoms with Crippen LogP contribution in [0.3, 0.4) is 0 Å². The summed E-state index contributed by atoms with van der Waals surface area (Å²) < 4.78 is 0. The first-order valence-corrected chi connectivity index (χ1v) is 10.0. The predicted molar refractivity (Wildman–Crippen MR) is 113 cm³/mol. The normalized spacial score (nSPS) is 10.7. The Kier molecular flexibility index (Phi) is 5.99. The third-order valence-corrected chi connectivity index (χ3v) is 5.58. The van der Waals surface area contributed by atoms with E-state index in [2.05, 4.69) is 9.97 Å². The van der Waals surface area contributed by atoms with Crippen LogP contribution >= 0.6 is 11.3 Å². The topological polar surface area (TPSA) is 63.2 Å². The molecule has 6 heteroatoms. The Labute approximate surface area is 169 Å². The summed E-state index contributed by atoms with van der Waals surface area (Å²) in [6, 6.07) is 9.59. The first-order valence-electron chi connectivity index (χ1n) is 9.17. The number of aromatic nitrogens is 2. The van der Waals surface area contributed by atoms with Crippen molar-refractivity contribution in [3.8, 4) is 11.1 Å². The van der Waals surface area contributed by atoms with Gasteiger partial charge in [0.1, 0.15) is 10.7 Å². The molecule has 0 fully saturated rings. The molecule has 0 radical (unpaired) electrons. The zero-order valence-corrected chi connectivity index (χ0v) is 17.3. The van der Waals surface area contributed by atoms with Gasteiger partial charge in [0.2, 0.25) is 5.91 Å². The molecule has 1 amide bonds. The van der Waals surface area contributed by atoms with E-state index in [0.717, 1.165) is 33.1 Å². The minimum absolute atomic E-state index is 0.0346. The maximum Gasteiger partial charge on any atom is 0.226 e. The van der Waals surface area contributed by atoms with Gasteiger partial charge in [-0.05, 0) is 43.2 Å². The lowest BCUT2D eigenvalue weighted by molar-refractivity contribution is -0.118. The van der Waals surface area contributed by atoms with Crippen molar-refractivity contribution >= 4 is 28.7 Å². The Morgan fingerprint density at radius 3 is 2.50 bits per heavy atom. The van der Waals surface area contributed by atoms with E-state index in [1.165, 1.54) is 11.3 Å². The number of thiazole rings is 1. The quantitative estimate of drug-likeness (QED) is 0.573. The Balaban J connectivity index is 1.77. The Morgan fingerprint density at radius 2 is 1.93 bits per heavy atom. The van der Waals surface area contributed by atoms with Crippen LogP contribution in [0.4, 0.5) is 5.69 Å². The molecule has 0 unspecified atom stereocenters. The van der Waals surface area contributed by atoms with Gasteiger partial charge in [0.05, 0.1) is 6.42 Å². The van der Waals surface area contributed by atoms with Gasteiger partial charge in [-0.15, -0.1) is 11.3 Å². The smallest absolute Gasteiger partial charge is 0.226 e. The lowest BCUT2D eigenvalue weighted by Crippen LogP contribution is -2.25. The standard InChI is InChI=1S/C22H23N3O2S/c1-5-22(27)25(4)17-7-8-18(14(2)10-17)16-6-9-19(23-12-16)20(26)11-21-24-15(3)13-28-21/h6-10,12-13H,5,11H2,1-4H3. The summed E-state index contributed by atoms with van der Waals surface area (Å²) in [6.45, 7) is 5.78. The molecular weight excluding hydrogens is 370 g/mol. The maximum absolute atomic E-state index is 12.4. The van der Waals surface area contributed by atoms with Crippen molar-refractivity contribution in [3.63, 3.8) is 0 Å². The molecule has 2 heterocycles. The zero-order chi connectivity index (χ0) is 20.3. The van der Waals surface area contributed by atoms with Crippen molar-refractivity contribution < 1.29 is 9.59 Å².